The zero-order chi connectivity index (χ0) is 26.2. The zero-order valence-corrected chi connectivity index (χ0v) is 22.3. The van der Waals surface area contributed by atoms with Crippen LogP contribution in [0.15, 0.2) is 52.9 Å². The number of carbonyl (C=O) groups is 1. The van der Waals surface area contributed by atoms with Gasteiger partial charge in [-0.3, -0.25) is 14.9 Å². The number of ketones is 1. The minimum atomic E-state index is -0.626. The molecule has 1 saturated carbocycles. The van der Waals surface area contributed by atoms with E-state index in [9.17, 15) is 20.0 Å². The Kier molecular flexibility index (Phi) is 10.2. The topological polar surface area (TPSA) is 111 Å². The van der Waals surface area contributed by atoms with Gasteiger partial charge in [0.2, 0.25) is 0 Å². The van der Waals surface area contributed by atoms with Gasteiger partial charge in [0.05, 0.1) is 16.2 Å². The molecule has 2 aliphatic carbocycles. The maximum Gasteiger partial charge on any atom is 0.269 e. The summed E-state index contributed by atoms with van der Waals surface area (Å²) in [5, 5.41) is 26.6. The number of nitro benzene ring substituents is 1. The largest absolute Gasteiger partial charge is 0.511 e. The molecule has 1 N–H and O–H groups in total. The predicted molar refractivity (Wildman–Crippen MR) is 143 cm³/mol. The molecule has 1 aromatic rings. The first kappa shape index (κ1) is 28.1. The summed E-state index contributed by atoms with van der Waals surface area (Å²) in [6.45, 7) is 6.08. The van der Waals surface area contributed by atoms with Crippen LogP contribution in [0.5, 0.6) is 5.75 Å². The SMILES string of the molecule is CC(C)C(=NOC(C=CCCl)COc1ccc([N+](=O)[O-])cc1)C1=C(O)CC(CSC2CC2C)CC1=O. The lowest BCUT2D eigenvalue weighted by Gasteiger charge is -2.25. The number of alkyl halides is 1. The molecule has 2 aliphatic rings. The van der Waals surface area contributed by atoms with Crippen molar-refractivity contribution in [3.05, 3.63) is 57.9 Å². The molecular formula is C26H33ClN2O6S. The molecule has 0 spiro atoms. The van der Waals surface area contributed by atoms with Gasteiger partial charge < -0.3 is 14.7 Å². The summed E-state index contributed by atoms with van der Waals surface area (Å²) in [5.74, 6) is 2.26. The van der Waals surface area contributed by atoms with Crippen LogP contribution in [0.4, 0.5) is 5.69 Å². The molecule has 10 heteroatoms. The van der Waals surface area contributed by atoms with Crippen molar-refractivity contribution >= 4 is 40.5 Å². The van der Waals surface area contributed by atoms with E-state index < -0.39 is 11.0 Å². The number of allylic oxidation sites excluding steroid dienone is 3. The van der Waals surface area contributed by atoms with Gasteiger partial charge in [-0.2, -0.15) is 11.8 Å². The molecule has 8 nitrogen and oxygen atoms in total. The molecule has 4 unspecified atom stereocenters. The average molecular weight is 537 g/mol. The summed E-state index contributed by atoms with van der Waals surface area (Å²) in [6, 6.07) is 5.72. The highest BCUT2D eigenvalue weighted by atomic mass is 35.5. The van der Waals surface area contributed by atoms with E-state index in [2.05, 4.69) is 12.1 Å². The van der Waals surface area contributed by atoms with E-state index in [-0.39, 0.29) is 47.1 Å². The summed E-state index contributed by atoms with van der Waals surface area (Å²) in [5.41, 5.74) is 0.623. The monoisotopic (exact) mass is 536 g/mol. The number of rotatable bonds is 13. The maximum absolute atomic E-state index is 13.0. The number of halogens is 1. The van der Waals surface area contributed by atoms with Crippen molar-refractivity contribution < 1.29 is 24.4 Å². The molecule has 4 atom stereocenters. The van der Waals surface area contributed by atoms with E-state index in [0.717, 1.165) is 11.7 Å². The van der Waals surface area contributed by atoms with Crippen LogP contribution in [0, 0.1) is 27.9 Å². The number of carbonyl (C=O) groups excluding carboxylic acids is 1. The third kappa shape index (κ3) is 8.00. The summed E-state index contributed by atoms with van der Waals surface area (Å²) in [7, 11) is 0. The molecule has 0 heterocycles. The lowest BCUT2D eigenvalue weighted by molar-refractivity contribution is -0.384. The number of nitrogens with zero attached hydrogens (tertiary/aromatic N) is 2. The second kappa shape index (κ2) is 13.1. The average Bonchev–Trinajstić information content (AvgIpc) is 3.55. The highest BCUT2D eigenvalue weighted by Gasteiger charge is 2.36. The van der Waals surface area contributed by atoms with Crippen LogP contribution in [0.25, 0.3) is 0 Å². The Labute approximate surface area is 220 Å². The number of Topliss-reactive ketones (excluding diaryl/α,β-unsaturated/α-hetero) is 1. The Morgan fingerprint density at radius 1 is 1.33 bits per heavy atom. The highest BCUT2D eigenvalue weighted by Crippen LogP contribution is 2.43. The van der Waals surface area contributed by atoms with Crippen LogP contribution in [0.2, 0.25) is 0 Å². The van der Waals surface area contributed by atoms with Gasteiger partial charge in [0.15, 0.2) is 11.9 Å². The van der Waals surface area contributed by atoms with Crippen LogP contribution in [-0.4, -0.2) is 51.1 Å². The lowest BCUT2D eigenvalue weighted by atomic mass is 9.83. The van der Waals surface area contributed by atoms with Gasteiger partial charge in [0.1, 0.15) is 18.1 Å². The fourth-order valence-corrected chi connectivity index (χ4v) is 5.52. The van der Waals surface area contributed by atoms with Crippen molar-refractivity contribution in [2.75, 3.05) is 18.2 Å². The minimum Gasteiger partial charge on any atom is -0.511 e. The minimum absolute atomic E-state index is 0.0310. The van der Waals surface area contributed by atoms with Crippen molar-refractivity contribution in [1.82, 2.24) is 0 Å². The van der Waals surface area contributed by atoms with Gasteiger partial charge in [-0.1, -0.05) is 32.0 Å². The maximum atomic E-state index is 13.0. The summed E-state index contributed by atoms with van der Waals surface area (Å²) in [4.78, 5) is 29.1. The second-order valence-corrected chi connectivity index (χ2v) is 11.1. The van der Waals surface area contributed by atoms with E-state index >= 15 is 0 Å². The molecule has 1 fully saturated rings. The van der Waals surface area contributed by atoms with Crippen LogP contribution in [0.1, 0.15) is 40.0 Å². The molecule has 0 aliphatic heterocycles. The molecule has 0 bridgehead atoms. The lowest BCUT2D eigenvalue weighted by Crippen LogP contribution is -2.29. The van der Waals surface area contributed by atoms with Crippen molar-refractivity contribution in [3.63, 3.8) is 0 Å². The molecule has 0 aromatic heterocycles. The van der Waals surface area contributed by atoms with Crippen molar-refractivity contribution in [1.29, 1.82) is 0 Å². The van der Waals surface area contributed by atoms with Gasteiger partial charge in [0, 0.05) is 36.1 Å². The van der Waals surface area contributed by atoms with Gasteiger partial charge in [-0.05, 0) is 48.1 Å². The predicted octanol–water partition coefficient (Wildman–Crippen LogP) is 6.10. The molecule has 1 aromatic carbocycles. The number of benzene rings is 1. The molecule has 3 rings (SSSR count). The summed E-state index contributed by atoms with van der Waals surface area (Å²) >= 11 is 7.68. The molecule has 0 saturated heterocycles. The summed E-state index contributed by atoms with van der Waals surface area (Å²) < 4.78 is 5.71. The number of hydrogen-bond donors (Lipinski definition) is 1. The molecule has 0 amide bonds. The van der Waals surface area contributed by atoms with Gasteiger partial charge >= 0.3 is 0 Å². The zero-order valence-electron chi connectivity index (χ0n) is 20.8. The van der Waals surface area contributed by atoms with Crippen LogP contribution in [-0.2, 0) is 9.63 Å². The van der Waals surface area contributed by atoms with Crippen molar-refractivity contribution in [3.8, 4) is 5.75 Å². The third-order valence-electron chi connectivity index (χ3n) is 6.10. The number of aliphatic hydroxyl groups excluding tert-OH is 1. The Balaban J connectivity index is 1.68. The number of ether oxygens (including phenoxy) is 1. The number of hydrogen-bond acceptors (Lipinski definition) is 8. The first-order valence-corrected chi connectivity index (χ1v) is 13.7. The first-order valence-electron chi connectivity index (χ1n) is 12.1. The van der Waals surface area contributed by atoms with Crippen LogP contribution >= 0.6 is 23.4 Å². The second-order valence-electron chi connectivity index (χ2n) is 9.52. The number of thioether (sulfide) groups is 1. The fraction of sp³-hybridized carbons (Fsp3) is 0.538. The molecule has 36 heavy (non-hydrogen) atoms. The van der Waals surface area contributed by atoms with E-state index in [1.165, 1.54) is 30.7 Å². The van der Waals surface area contributed by atoms with E-state index in [4.69, 9.17) is 21.2 Å². The fourth-order valence-electron chi connectivity index (χ4n) is 3.89. The molecular weight excluding hydrogens is 504 g/mol. The molecule has 196 valence electrons. The van der Waals surface area contributed by atoms with Crippen molar-refractivity contribution in [2.24, 2.45) is 22.9 Å². The van der Waals surface area contributed by atoms with E-state index in [1.54, 1.807) is 12.2 Å². The third-order valence-corrected chi connectivity index (χ3v) is 8.02. The number of oxime groups is 1. The quantitative estimate of drug-likeness (QED) is 0.107. The number of non-ortho nitro benzene ring substituents is 1. The van der Waals surface area contributed by atoms with Gasteiger partial charge in [-0.15, -0.1) is 11.6 Å². The van der Waals surface area contributed by atoms with Gasteiger partial charge in [-0.25, -0.2) is 0 Å². The first-order chi connectivity index (χ1) is 17.2. The number of aliphatic hydroxyl groups is 1. The van der Waals surface area contributed by atoms with Gasteiger partial charge in [0.25, 0.3) is 5.69 Å². The normalized spacial score (nSPS) is 23.3. The van der Waals surface area contributed by atoms with Crippen molar-refractivity contribution in [2.45, 2.75) is 51.4 Å². The van der Waals surface area contributed by atoms with E-state index in [1.807, 2.05) is 25.6 Å². The Morgan fingerprint density at radius 3 is 2.58 bits per heavy atom. The number of nitro groups is 1. The summed E-state index contributed by atoms with van der Waals surface area (Å²) in [6.07, 6.45) is 4.84. The standard InChI is InChI=1S/C26H33ClN2O6S/c1-16(2)26(25-22(30)12-18(13-23(25)31)15-36-24-11-17(24)3)28-35-21(5-4-10-27)14-34-20-8-6-19(7-9-20)29(32)33/h4-9,16-18,21,24,30H,10-15H2,1-3H3. The molecule has 0 radical (unpaired) electrons. The Morgan fingerprint density at radius 2 is 2.03 bits per heavy atom. The Bertz CT molecular complexity index is 1020. The van der Waals surface area contributed by atoms with Crippen LogP contribution < -0.4 is 4.74 Å². The smallest absolute Gasteiger partial charge is 0.269 e. The Hall–Kier alpha value is -2.52. The van der Waals surface area contributed by atoms with Crippen LogP contribution in [0.3, 0.4) is 0 Å². The highest BCUT2D eigenvalue weighted by molar-refractivity contribution is 8.00. The van der Waals surface area contributed by atoms with E-state index in [0.29, 0.717) is 29.6 Å².